The van der Waals surface area contributed by atoms with Crippen LogP contribution in [0.5, 0.6) is 0 Å². The molecule has 130 valence electrons. The first-order valence-corrected chi connectivity index (χ1v) is 7.95. The SMILES string of the molecule is Cc1nc(C)c(C(C)Nc2cc(Cl)c(C(F)(F)F)cc2[N+](=O)[O-])s1. The van der Waals surface area contributed by atoms with E-state index in [-0.39, 0.29) is 11.7 Å². The lowest BCUT2D eigenvalue weighted by atomic mass is 10.1. The maximum Gasteiger partial charge on any atom is 0.418 e. The molecule has 0 fully saturated rings. The molecular weight excluding hydrogens is 367 g/mol. The molecule has 0 radical (unpaired) electrons. The molecule has 10 heteroatoms. The van der Waals surface area contributed by atoms with Gasteiger partial charge < -0.3 is 5.32 Å². The van der Waals surface area contributed by atoms with E-state index < -0.39 is 27.4 Å². The van der Waals surface area contributed by atoms with Crippen LogP contribution >= 0.6 is 22.9 Å². The lowest BCUT2D eigenvalue weighted by Crippen LogP contribution is -2.11. The fraction of sp³-hybridized carbons (Fsp3) is 0.357. The summed E-state index contributed by atoms with van der Waals surface area (Å²) in [4.78, 5) is 15.4. The number of nitrogens with one attached hydrogen (secondary N) is 1. The van der Waals surface area contributed by atoms with Gasteiger partial charge >= 0.3 is 6.18 Å². The molecule has 5 nitrogen and oxygen atoms in total. The van der Waals surface area contributed by atoms with E-state index in [2.05, 4.69) is 10.3 Å². The van der Waals surface area contributed by atoms with Crippen molar-refractivity contribution in [1.82, 2.24) is 4.98 Å². The molecule has 24 heavy (non-hydrogen) atoms. The number of hydrogen-bond donors (Lipinski definition) is 1. The summed E-state index contributed by atoms with van der Waals surface area (Å²) < 4.78 is 38.6. The number of halogens is 4. The van der Waals surface area contributed by atoms with Crippen molar-refractivity contribution >= 4 is 34.3 Å². The Balaban J connectivity index is 2.44. The third-order valence-electron chi connectivity index (χ3n) is 3.29. The van der Waals surface area contributed by atoms with E-state index in [1.54, 1.807) is 13.8 Å². The molecule has 0 saturated heterocycles. The van der Waals surface area contributed by atoms with Crippen LogP contribution in [-0.4, -0.2) is 9.91 Å². The number of alkyl halides is 3. The number of aryl methyl sites for hydroxylation is 2. The fourth-order valence-electron chi connectivity index (χ4n) is 2.29. The topological polar surface area (TPSA) is 68.1 Å². The molecule has 0 saturated carbocycles. The van der Waals surface area contributed by atoms with E-state index in [1.807, 2.05) is 6.92 Å². The molecule has 1 aromatic heterocycles. The molecule has 1 heterocycles. The van der Waals surface area contributed by atoms with Crippen LogP contribution < -0.4 is 5.32 Å². The van der Waals surface area contributed by atoms with Gasteiger partial charge in [-0.3, -0.25) is 10.1 Å². The van der Waals surface area contributed by atoms with Crippen molar-refractivity contribution in [3.8, 4) is 0 Å². The quantitative estimate of drug-likeness (QED) is 0.561. The molecule has 1 atom stereocenters. The average Bonchev–Trinajstić information content (AvgIpc) is 2.76. The maximum atomic E-state index is 12.9. The first-order chi connectivity index (χ1) is 11.0. The summed E-state index contributed by atoms with van der Waals surface area (Å²) >= 11 is 7.07. The molecule has 0 spiro atoms. The summed E-state index contributed by atoms with van der Waals surface area (Å²) in [6.07, 6.45) is -4.77. The van der Waals surface area contributed by atoms with Crippen LogP contribution in [0.4, 0.5) is 24.5 Å². The lowest BCUT2D eigenvalue weighted by molar-refractivity contribution is -0.384. The minimum Gasteiger partial charge on any atom is -0.372 e. The number of nitrogens with zero attached hydrogens (tertiary/aromatic N) is 2. The zero-order valence-electron chi connectivity index (χ0n) is 12.9. The molecule has 0 aliphatic carbocycles. The second-order valence-corrected chi connectivity index (χ2v) is 6.79. The van der Waals surface area contributed by atoms with Gasteiger partial charge in [-0.15, -0.1) is 11.3 Å². The molecule has 2 rings (SSSR count). The van der Waals surface area contributed by atoms with Crippen LogP contribution in [0.25, 0.3) is 0 Å². The van der Waals surface area contributed by atoms with Gasteiger partial charge in [0, 0.05) is 10.9 Å². The van der Waals surface area contributed by atoms with Gasteiger partial charge in [0.2, 0.25) is 0 Å². The average molecular weight is 380 g/mol. The third kappa shape index (κ3) is 3.78. The van der Waals surface area contributed by atoms with Crippen LogP contribution in [0.3, 0.4) is 0 Å². The molecule has 0 amide bonds. The zero-order valence-corrected chi connectivity index (χ0v) is 14.4. The molecule has 1 aromatic carbocycles. The number of nitro groups is 1. The first-order valence-electron chi connectivity index (χ1n) is 6.76. The largest absolute Gasteiger partial charge is 0.418 e. The number of benzene rings is 1. The van der Waals surface area contributed by atoms with Crippen LogP contribution in [0, 0.1) is 24.0 Å². The smallest absolute Gasteiger partial charge is 0.372 e. The molecule has 0 aliphatic heterocycles. The highest BCUT2D eigenvalue weighted by molar-refractivity contribution is 7.11. The van der Waals surface area contributed by atoms with E-state index in [4.69, 9.17) is 11.6 Å². The van der Waals surface area contributed by atoms with Gasteiger partial charge in [-0.1, -0.05) is 11.6 Å². The number of thiazole rings is 1. The Morgan fingerprint density at radius 2 is 2.00 bits per heavy atom. The summed E-state index contributed by atoms with van der Waals surface area (Å²) in [5.41, 5.74) is -1.23. The predicted molar refractivity (Wildman–Crippen MR) is 86.7 cm³/mol. The summed E-state index contributed by atoms with van der Waals surface area (Å²) in [5.74, 6) is 0. The summed E-state index contributed by atoms with van der Waals surface area (Å²) in [6, 6.07) is 1.01. The van der Waals surface area contributed by atoms with Crippen molar-refractivity contribution in [2.45, 2.75) is 33.0 Å². The molecule has 1 N–H and O–H groups in total. The normalized spacial score (nSPS) is 13.0. The third-order valence-corrected chi connectivity index (χ3v) is 4.86. The highest BCUT2D eigenvalue weighted by Crippen LogP contribution is 2.41. The number of aromatic nitrogens is 1. The minimum atomic E-state index is -4.77. The van der Waals surface area contributed by atoms with Gasteiger partial charge in [-0.2, -0.15) is 13.2 Å². The van der Waals surface area contributed by atoms with Gasteiger partial charge in [0.05, 0.1) is 32.3 Å². The summed E-state index contributed by atoms with van der Waals surface area (Å²) in [5, 5.41) is 14.2. The molecule has 1 unspecified atom stereocenters. The Kier molecular flexibility index (Phi) is 5.05. The highest BCUT2D eigenvalue weighted by Gasteiger charge is 2.36. The van der Waals surface area contributed by atoms with Gasteiger partial charge in [0.15, 0.2) is 0 Å². The maximum absolute atomic E-state index is 12.9. The number of rotatable bonds is 4. The van der Waals surface area contributed by atoms with Crippen LogP contribution in [0.15, 0.2) is 12.1 Å². The Hall–Kier alpha value is -1.87. The number of nitro benzene ring substituents is 1. The van der Waals surface area contributed by atoms with Crippen LogP contribution in [0.1, 0.15) is 34.1 Å². The second kappa shape index (κ2) is 6.56. The predicted octanol–water partition coefficient (Wildman–Crippen LogP) is 5.51. The summed E-state index contributed by atoms with van der Waals surface area (Å²) in [7, 11) is 0. The molecule has 2 aromatic rings. The summed E-state index contributed by atoms with van der Waals surface area (Å²) in [6.45, 7) is 5.37. The number of anilines is 1. The van der Waals surface area contributed by atoms with Crippen molar-refractivity contribution in [2.75, 3.05) is 5.32 Å². The van der Waals surface area contributed by atoms with Crippen molar-refractivity contribution < 1.29 is 18.1 Å². The Bertz CT molecular complexity index is 792. The Labute approximate surface area is 144 Å². The van der Waals surface area contributed by atoms with Gasteiger partial charge in [-0.25, -0.2) is 4.98 Å². The molecular formula is C14H13ClF3N3O2S. The molecule has 0 aliphatic rings. The van der Waals surface area contributed by atoms with Gasteiger partial charge in [0.1, 0.15) is 5.69 Å². The van der Waals surface area contributed by atoms with Crippen LogP contribution in [-0.2, 0) is 6.18 Å². The van der Waals surface area contributed by atoms with Crippen molar-refractivity contribution in [2.24, 2.45) is 0 Å². The minimum absolute atomic E-state index is 0.0732. The zero-order chi connectivity index (χ0) is 18.2. The monoisotopic (exact) mass is 379 g/mol. The Morgan fingerprint density at radius 1 is 1.38 bits per heavy atom. The van der Waals surface area contributed by atoms with E-state index in [0.29, 0.717) is 6.07 Å². The van der Waals surface area contributed by atoms with E-state index in [9.17, 15) is 23.3 Å². The van der Waals surface area contributed by atoms with E-state index in [1.165, 1.54) is 11.3 Å². The van der Waals surface area contributed by atoms with E-state index >= 15 is 0 Å². The number of hydrogen-bond acceptors (Lipinski definition) is 5. The van der Waals surface area contributed by atoms with Crippen LogP contribution in [0.2, 0.25) is 5.02 Å². The lowest BCUT2D eigenvalue weighted by Gasteiger charge is -2.16. The second-order valence-electron chi connectivity index (χ2n) is 5.15. The van der Waals surface area contributed by atoms with Gasteiger partial charge in [0.25, 0.3) is 5.69 Å². The van der Waals surface area contributed by atoms with E-state index in [0.717, 1.165) is 21.6 Å². The highest BCUT2D eigenvalue weighted by atomic mass is 35.5. The van der Waals surface area contributed by atoms with Crippen molar-refractivity contribution in [3.05, 3.63) is 48.4 Å². The first kappa shape index (κ1) is 18.5. The van der Waals surface area contributed by atoms with Crippen molar-refractivity contribution in [1.29, 1.82) is 0 Å². The van der Waals surface area contributed by atoms with Crippen molar-refractivity contribution in [3.63, 3.8) is 0 Å². The van der Waals surface area contributed by atoms with Gasteiger partial charge in [-0.05, 0) is 26.8 Å². The standard InChI is InChI=1S/C14H13ClF3N3O2S/c1-6-13(24-8(3)19-6)7(2)20-11-5-10(15)9(14(16,17)18)4-12(11)21(22)23/h4-5,7,20H,1-3H3. The fourth-order valence-corrected chi connectivity index (χ4v) is 3.49. The Morgan fingerprint density at radius 3 is 2.46 bits per heavy atom. The molecule has 0 bridgehead atoms.